The highest BCUT2D eigenvalue weighted by molar-refractivity contribution is 5.95. The first kappa shape index (κ1) is 10.3. The molecule has 0 aliphatic carbocycles. The lowest BCUT2D eigenvalue weighted by molar-refractivity contribution is 0.0996. The normalized spacial score (nSPS) is 10.0. The molecule has 0 saturated heterocycles. The Hall–Kier alpha value is -2.23. The van der Waals surface area contributed by atoms with Crippen molar-refractivity contribution in [3.63, 3.8) is 0 Å². The molecule has 0 aliphatic heterocycles. The Morgan fingerprint density at radius 3 is 2.81 bits per heavy atom. The van der Waals surface area contributed by atoms with Gasteiger partial charge in [-0.1, -0.05) is 12.1 Å². The minimum atomic E-state index is -0.497. The van der Waals surface area contributed by atoms with Crippen molar-refractivity contribution in [2.75, 3.05) is 0 Å². The molecule has 82 valence electrons. The summed E-state index contributed by atoms with van der Waals surface area (Å²) in [5.41, 5.74) is 6.51. The highest BCUT2D eigenvalue weighted by Crippen LogP contribution is 2.18. The molecule has 0 radical (unpaired) electrons. The van der Waals surface area contributed by atoms with Gasteiger partial charge in [-0.25, -0.2) is 0 Å². The van der Waals surface area contributed by atoms with Crippen molar-refractivity contribution in [1.82, 2.24) is 0 Å². The van der Waals surface area contributed by atoms with Crippen LogP contribution in [0, 0.1) is 0 Å². The second kappa shape index (κ2) is 4.53. The first-order valence-electron chi connectivity index (χ1n) is 4.80. The number of carbonyl (C=O) groups excluding carboxylic acids is 1. The summed E-state index contributed by atoms with van der Waals surface area (Å²) >= 11 is 0. The molecule has 0 unspecified atom stereocenters. The average molecular weight is 217 g/mol. The van der Waals surface area contributed by atoms with E-state index in [4.69, 9.17) is 14.9 Å². The van der Waals surface area contributed by atoms with Crippen molar-refractivity contribution >= 4 is 5.91 Å². The second-order valence-corrected chi connectivity index (χ2v) is 3.28. The predicted octanol–water partition coefficient (Wildman–Crippen LogP) is 1.96. The molecule has 0 aliphatic rings. The van der Waals surface area contributed by atoms with E-state index in [1.165, 1.54) is 0 Å². The molecule has 0 fully saturated rings. The van der Waals surface area contributed by atoms with E-state index < -0.39 is 5.91 Å². The van der Waals surface area contributed by atoms with Gasteiger partial charge < -0.3 is 14.9 Å². The van der Waals surface area contributed by atoms with E-state index in [9.17, 15) is 4.79 Å². The first-order chi connectivity index (χ1) is 7.77. The van der Waals surface area contributed by atoms with Gasteiger partial charge in [0.2, 0.25) is 0 Å². The third kappa shape index (κ3) is 2.23. The van der Waals surface area contributed by atoms with Crippen LogP contribution in [0.3, 0.4) is 0 Å². The summed E-state index contributed by atoms with van der Waals surface area (Å²) in [5.74, 6) is -0.0148. The van der Waals surface area contributed by atoms with Crippen LogP contribution in [0.25, 0.3) is 0 Å². The molecule has 0 spiro atoms. The number of amides is 1. The SMILES string of the molecule is NC(=O)c1ccccc1OCc1ccoc1. The summed E-state index contributed by atoms with van der Waals surface area (Å²) in [5, 5.41) is 0. The molecule has 0 atom stereocenters. The maximum absolute atomic E-state index is 11.1. The lowest BCUT2D eigenvalue weighted by atomic mass is 10.2. The van der Waals surface area contributed by atoms with Gasteiger partial charge in [0.15, 0.2) is 0 Å². The molecule has 0 saturated carbocycles. The van der Waals surface area contributed by atoms with Gasteiger partial charge in [0.1, 0.15) is 12.4 Å². The molecule has 1 heterocycles. The Morgan fingerprint density at radius 2 is 2.12 bits per heavy atom. The van der Waals surface area contributed by atoms with Crippen LogP contribution in [-0.4, -0.2) is 5.91 Å². The zero-order chi connectivity index (χ0) is 11.4. The minimum absolute atomic E-state index is 0.348. The number of primary amides is 1. The largest absolute Gasteiger partial charge is 0.488 e. The quantitative estimate of drug-likeness (QED) is 0.851. The van der Waals surface area contributed by atoms with E-state index >= 15 is 0 Å². The van der Waals surface area contributed by atoms with Crippen LogP contribution in [0.1, 0.15) is 15.9 Å². The Kier molecular flexibility index (Phi) is 2.91. The van der Waals surface area contributed by atoms with E-state index in [-0.39, 0.29) is 0 Å². The second-order valence-electron chi connectivity index (χ2n) is 3.28. The van der Waals surface area contributed by atoms with Gasteiger partial charge in [-0.05, 0) is 18.2 Å². The molecule has 2 aromatic rings. The van der Waals surface area contributed by atoms with Crippen LogP contribution in [0.5, 0.6) is 5.75 Å². The molecule has 4 nitrogen and oxygen atoms in total. The van der Waals surface area contributed by atoms with Crippen LogP contribution in [0.2, 0.25) is 0 Å². The Balaban J connectivity index is 2.12. The van der Waals surface area contributed by atoms with Gasteiger partial charge in [-0.3, -0.25) is 4.79 Å². The number of rotatable bonds is 4. The highest BCUT2D eigenvalue weighted by atomic mass is 16.5. The summed E-state index contributed by atoms with van der Waals surface area (Å²) in [6.07, 6.45) is 3.16. The molecule has 16 heavy (non-hydrogen) atoms. The van der Waals surface area contributed by atoms with E-state index in [0.717, 1.165) is 5.56 Å². The Bertz CT molecular complexity index is 477. The van der Waals surface area contributed by atoms with Gasteiger partial charge >= 0.3 is 0 Å². The number of hydrogen-bond donors (Lipinski definition) is 1. The number of nitrogens with two attached hydrogens (primary N) is 1. The Morgan fingerprint density at radius 1 is 1.31 bits per heavy atom. The predicted molar refractivity (Wildman–Crippen MR) is 58.0 cm³/mol. The fourth-order valence-electron chi connectivity index (χ4n) is 1.33. The molecule has 0 bridgehead atoms. The topological polar surface area (TPSA) is 65.5 Å². The molecule has 1 aromatic carbocycles. The van der Waals surface area contributed by atoms with Crippen molar-refractivity contribution in [1.29, 1.82) is 0 Å². The van der Waals surface area contributed by atoms with Gasteiger partial charge in [0.05, 0.1) is 18.1 Å². The number of ether oxygens (including phenoxy) is 1. The van der Waals surface area contributed by atoms with Crippen molar-refractivity contribution in [3.8, 4) is 5.75 Å². The molecule has 4 heteroatoms. The highest BCUT2D eigenvalue weighted by Gasteiger charge is 2.08. The number of para-hydroxylation sites is 1. The summed E-state index contributed by atoms with van der Waals surface area (Å²) < 4.78 is 10.4. The maximum atomic E-state index is 11.1. The molecule has 1 amide bonds. The van der Waals surface area contributed by atoms with Crippen LogP contribution in [-0.2, 0) is 6.61 Å². The minimum Gasteiger partial charge on any atom is -0.488 e. The molecule has 2 N–H and O–H groups in total. The first-order valence-corrected chi connectivity index (χ1v) is 4.80. The van der Waals surface area contributed by atoms with Gasteiger partial charge in [0.25, 0.3) is 5.91 Å². The van der Waals surface area contributed by atoms with Crippen LogP contribution < -0.4 is 10.5 Å². The van der Waals surface area contributed by atoms with Crippen LogP contribution in [0.15, 0.2) is 47.3 Å². The van der Waals surface area contributed by atoms with E-state index in [1.807, 2.05) is 0 Å². The number of carbonyl (C=O) groups is 1. The van der Waals surface area contributed by atoms with Crippen LogP contribution >= 0.6 is 0 Å². The molecule has 1 aromatic heterocycles. The fourth-order valence-corrected chi connectivity index (χ4v) is 1.33. The number of furan rings is 1. The molecular formula is C12H11NO3. The van der Waals surface area contributed by atoms with E-state index in [0.29, 0.717) is 17.9 Å². The lowest BCUT2D eigenvalue weighted by Gasteiger charge is -2.07. The van der Waals surface area contributed by atoms with Crippen molar-refractivity contribution in [2.24, 2.45) is 5.73 Å². The van der Waals surface area contributed by atoms with E-state index in [2.05, 4.69) is 0 Å². The summed E-state index contributed by atoms with van der Waals surface area (Å²) in [6, 6.07) is 8.67. The fraction of sp³-hybridized carbons (Fsp3) is 0.0833. The van der Waals surface area contributed by atoms with Crippen LogP contribution in [0.4, 0.5) is 0 Å². The number of benzene rings is 1. The van der Waals surface area contributed by atoms with Crippen molar-refractivity contribution in [3.05, 3.63) is 54.0 Å². The smallest absolute Gasteiger partial charge is 0.252 e. The maximum Gasteiger partial charge on any atom is 0.252 e. The zero-order valence-corrected chi connectivity index (χ0v) is 8.55. The summed E-state index contributed by atoms with van der Waals surface area (Å²) in [6.45, 7) is 0.348. The third-order valence-corrected chi connectivity index (χ3v) is 2.13. The van der Waals surface area contributed by atoms with Crippen molar-refractivity contribution in [2.45, 2.75) is 6.61 Å². The molecular weight excluding hydrogens is 206 g/mol. The molecule has 2 rings (SSSR count). The van der Waals surface area contributed by atoms with Gasteiger partial charge in [-0.15, -0.1) is 0 Å². The summed E-state index contributed by atoms with van der Waals surface area (Å²) in [7, 11) is 0. The third-order valence-electron chi connectivity index (χ3n) is 2.13. The van der Waals surface area contributed by atoms with Gasteiger partial charge in [-0.2, -0.15) is 0 Å². The van der Waals surface area contributed by atoms with E-state index in [1.54, 1.807) is 42.9 Å². The van der Waals surface area contributed by atoms with Crippen molar-refractivity contribution < 1.29 is 13.9 Å². The Labute approximate surface area is 92.6 Å². The average Bonchev–Trinajstić information content (AvgIpc) is 2.79. The monoisotopic (exact) mass is 217 g/mol. The summed E-state index contributed by atoms with van der Waals surface area (Å²) in [4.78, 5) is 11.1. The number of hydrogen-bond acceptors (Lipinski definition) is 3. The lowest BCUT2D eigenvalue weighted by Crippen LogP contribution is -2.12. The standard InChI is InChI=1S/C12H11NO3/c13-12(14)10-3-1-2-4-11(10)16-8-9-5-6-15-7-9/h1-7H,8H2,(H2,13,14). The van der Waals surface area contributed by atoms with Gasteiger partial charge in [0, 0.05) is 5.56 Å². The zero-order valence-electron chi connectivity index (χ0n) is 8.55.